The third-order valence-electron chi connectivity index (χ3n) is 5.16. The number of pyridine rings is 1. The molecule has 1 amide bonds. The molecule has 1 unspecified atom stereocenters. The van der Waals surface area contributed by atoms with E-state index in [1.807, 2.05) is 23.1 Å². The lowest BCUT2D eigenvalue weighted by Gasteiger charge is -2.36. The highest BCUT2D eigenvalue weighted by molar-refractivity contribution is 5.94. The topological polar surface area (TPSA) is 48.5 Å². The molecule has 2 aliphatic rings. The number of carbonyl (C=O) groups is 1. The van der Waals surface area contributed by atoms with Crippen molar-refractivity contribution in [2.75, 3.05) is 37.6 Å². The molecule has 26 heavy (non-hydrogen) atoms. The number of aromatic nitrogens is 1. The zero-order valence-corrected chi connectivity index (χ0v) is 14.7. The van der Waals surface area contributed by atoms with Crippen molar-refractivity contribution in [2.24, 2.45) is 0 Å². The molecule has 5 nitrogen and oxygen atoms in total. The van der Waals surface area contributed by atoms with Crippen LogP contribution in [0.15, 0.2) is 42.6 Å². The molecule has 1 atom stereocenters. The molecule has 2 saturated heterocycles. The van der Waals surface area contributed by atoms with Crippen LogP contribution in [0.3, 0.4) is 0 Å². The van der Waals surface area contributed by atoms with E-state index in [-0.39, 0.29) is 17.8 Å². The van der Waals surface area contributed by atoms with Crippen LogP contribution >= 0.6 is 0 Å². The van der Waals surface area contributed by atoms with Crippen LogP contribution in [0, 0.1) is 5.82 Å². The van der Waals surface area contributed by atoms with Crippen LogP contribution in [0.25, 0.3) is 0 Å². The van der Waals surface area contributed by atoms with Crippen molar-refractivity contribution in [1.82, 2.24) is 15.2 Å². The van der Waals surface area contributed by atoms with Gasteiger partial charge in [0.25, 0.3) is 5.91 Å². The van der Waals surface area contributed by atoms with E-state index in [1.165, 1.54) is 25.0 Å². The first-order valence-electron chi connectivity index (χ1n) is 9.20. The second-order valence-corrected chi connectivity index (χ2v) is 6.87. The van der Waals surface area contributed by atoms with Gasteiger partial charge in [-0.25, -0.2) is 9.37 Å². The maximum Gasteiger partial charge on any atom is 0.256 e. The number of benzene rings is 1. The molecule has 2 aliphatic heterocycles. The van der Waals surface area contributed by atoms with E-state index in [0.717, 1.165) is 31.0 Å². The lowest BCUT2D eigenvalue weighted by Crippen LogP contribution is -2.48. The summed E-state index contributed by atoms with van der Waals surface area (Å²) in [5, 5.41) is 3.30. The Labute approximate surface area is 152 Å². The van der Waals surface area contributed by atoms with Crippen molar-refractivity contribution in [1.29, 1.82) is 0 Å². The molecule has 2 aromatic rings. The standard InChI is InChI=1S/C20H23FN4O/c21-17-5-3-4-15(12-17)18-14-22-8-11-25(18)20(26)16-6-7-19(23-13-16)24-9-1-2-10-24/h3-7,12-13,18,22H,1-2,8-11,14H2. The number of carbonyl (C=O) groups excluding carboxylic acids is 1. The van der Waals surface area contributed by atoms with Gasteiger partial charge in [0.05, 0.1) is 11.6 Å². The summed E-state index contributed by atoms with van der Waals surface area (Å²) in [4.78, 5) is 21.6. The molecule has 136 valence electrons. The van der Waals surface area contributed by atoms with Gasteiger partial charge < -0.3 is 15.1 Å². The highest BCUT2D eigenvalue weighted by Crippen LogP contribution is 2.25. The van der Waals surface area contributed by atoms with Crippen LogP contribution in [0.5, 0.6) is 0 Å². The molecule has 0 saturated carbocycles. The summed E-state index contributed by atoms with van der Waals surface area (Å²) in [6, 6.07) is 10.1. The Morgan fingerprint density at radius 1 is 1.15 bits per heavy atom. The van der Waals surface area contributed by atoms with Gasteiger partial charge >= 0.3 is 0 Å². The molecule has 0 spiro atoms. The average Bonchev–Trinajstić information content (AvgIpc) is 3.22. The zero-order chi connectivity index (χ0) is 17.9. The molecule has 4 rings (SSSR count). The Morgan fingerprint density at radius 3 is 2.73 bits per heavy atom. The fraction of sp³-hybridized carbons (Fsp3) is 0.400. The predicted molar refractivity (Wildman–Crippen MR) is 98.7 cm³/mol. The largest absolute Gasteiger partial charge is 0.357 e. The van der Waals surface area contributed by atoms with E-state index >= 15 is 0 Å². The van der Waals surface area contributed by atoms with Gasteiger partial charge in [-0.2, -0.15) is 0 Å². The van der Waals surface area contributed by atoms with Crippen LogP contribution in [0.2, 0.25) is 0 Å². The molecule has 0 radical (unpaired) electrons. The van der Waals surface area contributed by atoms with Crippen molar-refractivity contribution >= 4 is 11.7 Å². The predicted octanol–water partition coefficient (Wildman–Crippen LogP) is 2.61. The van der Waals surface area contributed by atoms with Crippen LogP contribution in [0.1, 0.15) is 34.8 Å². The SMILES string of the molecule is O=C(c1ccc(N2CCCC2)nc1)N1CCNCC1c1cccc(F)c1. The minimum atomic E-state index is -0.280. The van der Waals surface area contributed by atoms with E-state index in [4.69, 9.17) is 0 Å². The third-order valence-corrected chi connectivity index (χ3v) is 5.16. The zero-order valence-electron chi connectivity index (χ0n) is 14.7. The normalized spacial score (nSPS) is 20.4. The number of halogens is 1. The number of anilines is 1. The number of piperazine rings is 1. The maximum absolute atomic E-state index is 13.6. The first kappa shape index (κ1) is 17.0. The van der Waals surface area contributed by atoms with E-state index in [9.17, 15) is 9.18 Å². The van der Waals surface area contributed by atoms with Gasteiger partial charge in [0.2, 0.25) is 0 Å². The molecular formula is C20H23FN4O. The molecule has 6 heteroatoms. The third kappa shape index (κ3) is 3.42. The number of rotatable bonds is 3. The van der Waals surface area contributed by atoms with Crippen LogP contribution < -0.4 is 10.2 Å². The number of nitrogens with one attached hydrogen (secondary N) is 1. The number of amides is 1. The van der Waals surface area contributed by atoms with Gasteiger partial charge in [-0.1, -0.05) is 12.1 Å². The molecule has 0 aliphatic carbocycles. The Morgan fingerprint density at radius 2 is 2.00 bits per heavy atom. The second kappa shape index (κ2) is 7.41. The van der Waals surface area contributed by atoms with Crippen molar-refractivity contribution in [3.63, 3.8) is 0 Å². The van der Waals surface area contributed by atoms with E-state index < -0.39 is 0 Å². The Balaban J connectivity index is 1.55. The summed E-state index contributed by atoms with van der Waals surface area (Å²) in [7, 11) is 0. The molecule has 0 bridgehead atoms. The minimum Gasteiger partial charge on any atom is -0.357 e. The maximum atomic E-state index is 13.6. The Kier molecular flexibility index (Phi) is 4.84. The molecule has 2 fully saturated rings. The number of nitrogens with zero attached hydrogens (tertiary/aromatic N) is 3. The highest BCUT2D eigenvalue weighted by atomic mass is 19.1. The minimum absolute atomic E-state index is 0.0544. The van der Waals surface area contributed by atoms with E-state index in [0.29, 0.717) is 18.7 Å². The van der Waals surface area contributed by atoms with Crippen molar-refractivity contribution in [3.05, 3.63) is 59.5 Å². The first-order valence-corrected chi connectivity index (χ1v) is 9.20. The summed E-state index contributed by atoms with van der Waals surface area (Å²) in [6.07, 6.45) is 4.05. The highest BCUT2D eigenvalue weighted by Gasteiger charge is 2.29. The van der Waals surface area contributed by atoms with Crippen molar-refractivity contribution in [2.45, 2.75) is 18.9 Å². The van der Waals surface area contributed by atoms with Crippen LogP contribution in [0.4, 0.5) is 10.2 Å². The smallest absolute Gasteiger partial charge is 0.256 e. The van der Waals surface area contributed by atoms with Gasteiger partial charge in [-0.05, 0) is 42.7 Å². The van der Waals surface area contributed by atoms with Crippen molar-refractivity contribution < 1.29 is 9.18 Å². The van der Waals surface area contributed by atoms with Gasteiger partial charge in [-0.15, -0.1) is 0 Å². The van der Waals surface area contributed by atoms with Crippen LogP contribution in [-0.2, 0) is 0 Å². The fourth-order valence-electron chi connectivity index (χ4n) is 3.77. The summed E-state index contributed by atoms with van der Waals surface area (Å²) >= 11 is 0. The number of hydrogen-bond acceptors (Lipinski definition) is 4. The van der Waals surface area contributed by atoms with Gasteiger partial charge in [0.15, 0.2) is 0 Å². The monoisotopic (exact) mass is 354 g/mol. The Bertz CT molecular complexity index is 774. The van der Waals surface area contributed by atoms with Crippen molar-refractivity contribution in [3.8, 4) is 0 Å². The van der Waals surface area contributed by atoms with Gasteiger partial charge in [-0.3, -0.25) is 4.79 Å². The lowest BCUT2D eigenvalue weighted by molar-refractivity contribution is 0.0633. The molecule has 1 aromatic heterocycles. The number of hydrogen-bond donors (Lipinski definition) is 1. The summed E-state index contributed by atoms with van der Waals surface area (Å²) in [5.41, 5.74) is 1.39. The summed E-state index contributed by atoms with van der Waals surface area (Å²) in [6.45, 7) is 4.00. The average molecular weight is 354 g/mol. The van der Waals surface area contributed by atoms with Gasteiger partial charge in [0.1, 0.15) is 11.6 Å². The first-order chi connectivity index (χ1) is 12.7. The Hall–Kier alpha value is -2.47. The summed E-state index contributed by atoms with van der Waals surface area (Å²) in [5.74, 6) is 0.597. The molecule has 1 N–H and O–H groups in total. The van der Waals surface area contributed by atoms with E-state index in [2.05, 4.69) is 15.2 Å². The summed E-state index contributed by atoms with van der Waals surface area (Å²) < 4.78 is 13.6. The molecule has 3 heterocycles. The molecular weight excluding hydrogens is 331 g/mol. The molecule has 1 aromatic carbocycles. The van der Waals surface area contributed by atoms with Gasteiger partial charge in [0, 0.05) is 38.9 Å². The van der Waals surface area contributed by atoms with Crippen LogP contribution in [-0.4, -0.2) is 48.5 Å². The quantitative estimate of drug-likeness (QED) is 0.921. The van der Waals surface area contributed by atoms with E-state index in [1.54, 1.807) is 12.3 Å². The lowest BCUT2D eigenvalue weighted by atomic mass is 10.0. The second-order valence-electron chi connectivity index (χ2n) is 6.87. The fourth-order valence-corrected chi connectivity index (χ4v) is 3.77.